The molecule has 0 aliphatic rings. The van der Waals surface area contributed by atoms with Gasteiger partial charge in [0, 0.05) is 11.8 Å². The fourth-order valence-electron chi connectivity index (χ4n) is 1.76. The minimum Gasteiger partial charge on any atom is -0.298 e. The molecule has 110 valence electrons. The van der Waals surface area contributed by atoms with Crippen LogP contribution >= 0.6 is 34.8 Å². The maximum absolute atomic E-state index is 12.9. The van der Waals surface area contributed by atoms with E-state index in [2.05, 4.69) is 4.98 Å². The summed E-state index contributed by atoms with van der Waals surface area (Å²) in [5, 5.41) is 0.173. The number of rotatable bonds is 2. The number of carbonyl (C=O) groups is 1. The highest BCUT2D eigenvalue weighted by Crippen LogP contribution is 2.38. The Balaban J connectivity index is 2.73. The number of aromatic nitrogens is 1. The van der Waals surface area contributed by atoms with Crippen molar-refractivity contribution in [3.63, 3.8) is 0 Å². The molecule has 0 atom stereocenters. The van der Waals surface area contributed by atoms with Crippen LogP contribution in [0.4, 0.5) is 13.2 Å². The van der Waals surface area contributed by atoms with Gasteiger partial charge < -0.3 is 0 Å². The van der Waals surface area contributed by atoms with Crippen LogP contribution in [0.3, 0.4) is 0 Å². The second kappa shape index (κ2) is 5.83. The van der Waals surface area contributed by atoms with Crippen LogP contribution in [0.2, 0.25) is 15.1 Å². The van der Waals surface area contributed by atoms with Gasteiger partial charge in [-0.3, -0.25) is 9.78 Å². The number of aldehydes is 1. The molecule has 0 saturated heterocycles. The van der Waals surface area contributed by atoms with E-state index in [9.17, 15) is 18.0 Å². The van der Waals surface area contributed by atoms with E-state index in [1.165, 1.54) is 12.1 Å². The molecule has 8 heteroatoms. The number of alkyl halides is 3. The SMILES string of the molecule is O=Cc1c(C(F)(F)F)ccnc1-c1cc(Cl)c(Cl)c(Cl)c1. The van der Waals surface area contributed by atoms with Gasteiger partial charge in [0.1, 0.15) is 0 Å². The molecule has 2 nitrogen and oxygen atoms in total. The Bertz CT molecular complexity index is 693. The lowest BCUT2D eigenvalue weighted by atomic mass is 10.0. The third-order valence-corrected chi connectivity index (χ3v) is 3.87. The summed E-state index contributed by atoms with van der Waals surface area (Å²) in [5.41, 5.74) is -1.66. The van der Waals surface area contributed by atoms with Gasteiger partial charge in [0.2, 0.25) is 0 Å². The molecule has 1 aromatic heterocycles. The molecule has 0 saturated carbocycles. The van der Waals surface area contributed by atoms with Gasteiger partial charge >= 0.3 is 6.18 Å². The zero-order valence-electron chi connectivity index (χ0n) is 10.0. The second-order valence-corrected chi connectivity index (χ2v) is 5.18. The van der Waals surface area contributed by atoms with Crippen LogP contribution in [-0.4, -0.2) is 11.3 Å². The van der Waals surface area contributed by atoms with Crippen molar-refractivity contribution in [3.05, 3.63) is 50.6 Å². The quantitative estimate of drug-likeness (QED) is 0.523. The van der Waals surface area contributed by atoms with Gasteiger partial charge in [0.25, 0.3) is 0 Å². The zero-order chi connectivity index (χ0) is 15.8. The van der Waals surface area contributed by atoms with Crippen molar-refractivity contribution in [2.24, 2.45) is 0 Å². The highest BCUT2D eigenvalue weighted by atomic mass is 35.5. The summed E-state index contributed by atoms with van der Waals surface area (Å²) >= 11 is 17.5. The van der Waals surface area contributed by atoms with E-state index in [1.807, 2.05) is 0 Å². The average Bonchev–Trinajstić information content (AvgIpc) is 2.42. The van der Waals surface area contributed by atoms with Crippen LogP contribution in [0.25, 0.3) is 11.3 Å². The van der Waals surface area contributed by atoms with E-state index >= 15 is 0 Å². The van der Waals surface area contributed by atoms with Crippen molar-refractivity contribution in [1.29, 1.82) is 0 Å². The minimum absolute atomic E-state index is 0.0511. The predicted molar refractivity (Wildman–Crippen MR) is 75.1 cm³/mol. The third-order valence-electron chi connectivity index (χ3n) is 2.67. The van der Waals surface area contributed by atoms with Crippen molar-refractivity contribution in [1.82, 2.24) is 4.98 Å². The lowest BCUT2D eigenvalue weighted by molar-refractivity contribution is -0.137. The van der Waals surface area contributed by atoms with E-state index < -0.39 is 17.3 Å². The molecule has 21 heavy (non-hydrogen) atoms. The highest BCUT2D eigenvalue weighted by molar-refractivity contribution is 6.48. The first-order valence-corrected chi connectivity index (χ1v) is 6.55. The van der Waals surface area contributed by atoms with Gasteiger partial charge in [0.15, 0.2) is 6.29 Å². The van der Waals surface area contributed by atoms with Crippen LogP contribution in [-0.2, 0) is 6.18 Å². The molecule has 0 bridgehead atoms. The lowest BCUT2D eigenvalue weighted by Gasteiger charge is -2.13. The summed E-state index contributed by atoms with van der Waals surface area (Å²) in [7, 11) is 0. The fourth-order valence-corrected chi connectivity index (χ4v) is 2.36. The number of carbonyl (C=O) groups excluding carboxylic acids is 1. The maximum atomic E-state index is 12.9. The van der Waals surface area contributed by atoms with Gasteiger partial charge in [-0.15, -0.1) is 0 Å². The largest absolute Gasteiger partial charge is 0.417 e. The van der Waals surface area contributed by atoms with E-state index in [-0.39, 0.29) is 32.6 Å². The van der Waals surface area contributed by atoms with E-state index in [0.29, 0.717) is 0 Å². The Morgan fingerprint density at radius 3 is 2.14 bits per heavy atom. The van der Waals surface area contributed by atoms with E-state index in [0.717, 1.165) is 12.3 Å². The number of benzene rings is 1. The van der Waals surface area contributed by atoms with Crippen molar-refractivity contribution in [3.8, 4) is 11.3 Å². The van der Waals surface area contributed by atoms with Gasteiger partial charge in [0.05, 0.1) is 31.9 Å². The molecule has 2 rings (SSSR count). The van der Waals surface area contributed by atoms with E-state index in [1.54, 1.807) is 0 Å². The van der Waals surface area contributed by atoms with Crippen LogP contribution in [0, 0.1) is 0 Å². The Hall–Kier alpha value is -1.30. The lowest BCUT2D eigenvalue weighted by Crippen LogP contribution is -2.10. The van der Waals surface area contributed by atoms with Crippen molar-refractivity contribution >= 4 is 41.1 Å². The van der Waals surface area contributed by atoms with Crippen LogP contribution in [0.1, 0.15) is 15.9 Å². The molecule has 2 aromatic rings. The normalized spacial score (nSPS) is 11.5. The summed E-state index contributed by atoms with van der Waals surface area (Å²) in [5.74, 6) is 0. The molecule has 1 aromatic carbocycles. The molecular formula is C13H5Cl3F3NO. The van der Waals surface area contributed by atoms with Gasteiger partial charge in [-0.1, -0.05) is 34.8 Å². The standard InChI is InChI=1S/C13H5Cl3F3NO/c14-9-3-6(4-10(15)11(9)16)12-7(5-21)8(1-2-20-12)13(17,18)19/h1-5H. The highest BCUT2D eigenvalue weighted by Gasteiger charge is 2.34. The minimum atomic E-state index is -4.67. The average molecular weight is 355 g/mol. The summed E-state index contributed by atoms with van der Waals surface area (Å²) in [4.78, 5) is 14.9. The Kier molecular flexibility index (Phi) is 4.46. The molecule has 0 amide bonds. The van der Waals surface area contributed by atoms with Gasteiger partial charge in [-0.2, -0.15) is 13.2 Å². The number of pyridine rings is 1. The Morgan fingerprint density at radius 1 is 1.10 bits per heavy atom. The molecule has 0 spiro atoms. The zero-order valence-corrected chi connectivity index (χ0v) is 12.3. The van der Waals surface area contributed by atoms with Crippen LogP contribution in [0.5, 0.6) is 0 Å². The molecule has 0 unspecified atom stereocenters. The van der Waals surface area contributed by atoms with Crippen LogP contribution < -0.4 is 0 Å². The van der Waals surface area contributed by atoms with Crippen molar-refractivity contribution in [2.45, 2.75) is 6.18 Å². The first kappa shape index (κ1) is 16.1. The molecule has 1 heterocycles. The molecule has 0 fully saturated rings. The van der Waals surface area contributed by atoms with Crippen molar-refractivity contribution < 1.29 is 18.0 Å². The molecule has 0 N–H and O–H groups in total. The Morgan fingerprint density at radius 2 is 1.67 bits per heavy atom. The fraction of sp³-hybridized carbons (Fsp3) is 0.0769. The maximum Gasteiger partial charge on any atom is 0.417 e. The third kappa shape index (κ3) is 3.15. The molecular weight excluding hydrogens is 350 g/mol. The van der Waals surface area contributed by atoms with Crippen molar-refractivity contribution in [2.75, 3.05) is 0 Å². The van der Waals surface area contributed by atoms with Gasteiger partial charge in [-0.05, 0) is 18.2 Å². The number of halogens is 6. The van der Waals surface area contributed by atoms with Gasteiger partial charge in [-0.25, -0.2) is 0 Å². The molecule has 0 radical (unpaired) electrons. The molecule has 0 aliphatic heterocycles. The number of nitrogens with zero attached hydrogens (tertiary/aromatic N) is 1. The predicted octanol–water partition coefficient (Wildman–Crippen LogP) is 5.54. The first-order valence-electron chi connectivity index (χ1n) is 5.42. The molecule has 0 aliphatic carbocycles. The summed E-state index contributed by atoms with van der Waals surface area (Å²) < 4.78 is 38.7. The summed E-state index contributed by atoms with van der Waals surface area (Å²) in [6, 6.07) is 3.32. The second-order valence-electron chi connectivity index (χ2n) is 3.99. The summed E-state index contributed by atoms with van der Waals surface area (Å²) in [6.07, 6.45) is -3.61. The Labute approximate surface area is 132 Å². The number of hydrogen-bond donors (Lipinski definition) is 0. The topological polar surface area (TPSA) is 30.0 Å². The smallest absolute Gasteiger partial charge is 0.298 e. The van der Waals surface area contributed by atoms with E-state index in [4.69, 9.17) is 34.8 Å². The monoisotopic (exact) mass is 353 g/mol. The first-order chi connectivity index (χ1) is 9.75. The van der Waals surface area contributed by atoms with Crippen LogP contribution in [0.15, 0.2) is 24.4 Å². The number of hydrogen-bond acceptors (Lipinski definition) is 2. The summed E-state index contributed by atoms with van der Waals surface area (Å²) in [6.45, 7) is 0.